The molecule has 0 radical (unpaired) electrons. The lowest BCUT2D eigenvalue weighted by atomic mass is 10.3. The molecular formula is C28H55N3O15P2S6. The van der Waals surface area contributed by atoms with Crippen molar-refractivity contribution in [3.05, 3.63) is 0 Å². The third-order valence-corrected chi connectivity index (χ3v) is 14.8. The van der Waals surface area contributed by atoms with E-state index in [0.29, 0.717) is 42.3 Å². The second-order valence-electron chi connectivity index (χ2n) is 11.5. The van der Waals surface area contributed by atoms with Crippen LogP contribution in [-0.2, 0) is 9.13 Å². The highest BCUT2D eigenvalue weighted by Gasteiger charge is 2.20. The van der Waals surface area contributed by atoms with Gasteiger partial charge >= 0.3 is 33.2 Å². The molecule has 0 aromatic carbocycles. The van der Waals surface area contributed by atoms with Gasteiger partial charge in [0.15, 0.2) is 0 Å². The fourth-order valence-corrected chi connectivity index (χ4v) is 10.8. The van der Waals surface area contributed by atoms with Crippen molar-refractivity contribution in [3.63, 3.8) is 0 Å². The van der Waals surface area contributed by atoms with Crippen molar-refractivity contribution in [1.82, 2.24) is 15.0 Å². The van der Waals surface area contributed by atoms with Crippen LogP contribution in [0.5, 0.6) is 18.0 Å². The quantitative estimate of drug-likeness (QED) is 0.0248. The van der Waals surface area contributed by atoms with Crippen molar-refractivity contribution in [1.29, 1.82) is 0 Å². The highest BCUT2D eigenvalue weighted by molar-refractivity contribution is 8.00. The van der Waals surface area contributed by atoms with Crippen LogP contribution < -0.4 is 14.2 Å². The van der Waals surface area contributed by atoms with Gasteiger partial charge in [-0.3, -0.25) is 9.13 Å². The van der Waals surface area contributed by atoms with Crippen molar-refractivity contribution in [2.24, 2.45) is 0 Å². The van der Waals surface area contributed by atoms with Crippen LogP contribution in [0, 0.1) is 0 Å². The zero-order chi connectivity index (χ0) is 40.4. The molecule has 0 aliphatic heterocycles. The van der Waals surface area contributed by atoms with Gasteiger partial charge in [0.2, 0.25) is 0 Å². The summed E-state index contributed by atoms with van der Waals surface area (Å²) in [6, 6.07) is -0.0572. The molecule has 1 rings (SSSR count). The van der Waals surface area contributed by atoms with E-state index in [4.69, 9.17) is 33.8 Å². The van der Waals surface area contributed by atoms with Crippen LogP contribution in [0.1, 0.15) is 19.3 Å². The molecule has 6 unspecified atom stereocenters. The number of hydrogen-bond donors (Lipinski definition) is 11. The lowest BCUT2D eigenvalue weighted by molar-refractivity contribution is 0.0500. The van der Waals surface area contributed by atoms with Gasteiger partial charge in [-0.25, -0.2) is 0 Å². The third-order valence-electron chi connectivity index (χ3n) is 6.58. The normalized spacial score (nSPS) is 15.7. The van der Waals surface area contributed by atoms with E-state index in [1.54, 1.807) is 0 Å². The minimum absolute atomic E-state index is 0.0131. The van der Waals surface area contributed by atoms with E-state index in [9.17, 15) is 39.8 Å². The number of aromatic nitrogens is 3. The first-order valence-corrected chi connectivity index (χ1v) is 26.8. The summed E-state index contributed by atoms with van der Waals surface area (Å²) in [5.74, 6) is 3.50. The molecule has 1 aromatic heterocycles. The maximum Gasteiger partial charge on any atom is 0.326 e. The second-order valence-corrected chi connectivity index (χ2v) is 21.2. The van der Waals surface area contributed by atoms with Gasteiger partial charge in [0.1, 0.15) is 0 Å². The Bertz CT molecular complexity index is 1150. The lowest BCUT2D eigenvalue weighted by Crippen LogP contribution is -2.30. The average Bonchev–Trinajstić information content (AvgIpc) is 3.11. The van der Waals surface area contributed by atoms with Crippen molar-refractivity contribution < 1.29 is 73.6 Å². The van der Waals surface area contributed by atoms with E-state index in [-0.39, 0.29) is 90.4 Å². The molecule has 10 N–H and O–H groups in total. The Hall–Kier alpha value is 0.570. The number of aliphatic hydroxyl groups is 6. The Morgan fingerprint density at radius 1 is 0.481 bits per heavy atom. The van der Waals surface area contributed by atoms with Gasteiger partial charge in [-0.05, 0) is 36.5 Å². The van der Waals surface area contributed by atoms with E-state index in [1.807, 2.05) is 0 Å². The number of hydrogen-bond acceptors (Lipinski definition) is 20. The standard InChI is InChI=1S/C28H55N3O15P2S6/c32-20(14-49)21(33)15-50-9-1-4-44-26-29-27(45-5-2-10-51-16-22(34)24(36)18-53-12-7-47(38,39)40)31-28(30-26)46-6-3-11-52-17-23(35)25(37)19-54-13-8-48(41,42)43/h20-25,32-37,49H,1-19H2,(H2,38,39,40)(H2,41,42,43). The van der Waals surface area contributed by atoms with Crippen LogP contribution in [0.25, 0.3) is 0 Å². The van der Waals surface area contributed by atoms with Crippen molar-refractivity contribution in [2.45, 2.75) is 55.9 Å². The van der Waals surface area contributed by atoms with Crippen LogP contribution in [-0.4, -0.2) is 197 Å². The third kappa shape index (κ3) is 28.9. The second kappa shape index (κ2) is 30.6. The van der Waals surface area contributed by atoms with E-state index < -0.39 is 51.8 Å². The molecule has 1 aromatic rings. The van der Waals surface area contributed by atoms with Crippen LogP contribution in [0.3, 0.4) is 0 Å². The Kier molecular flexibility index (Phi) is 29.8. The molecule has 0 fully saturated rings. The first-order chi connectivity index (χ1) is 25.5. The maximum absolute atomic E-state index is 10.9. The summed E-state index contributed by atoms with van der Waals surface area (Å²) in [6.45, 7) is 0.689. The van der Waals surface area contributed by atoms with Crippen molar-refractivity contribution >= 4 is 86.6 Å². The maximum atomic E-state index is 10.9. The molecule has 318 valence electrons. The summed E-state index contributed by atoms with van der Waals surface area (Å²) < 4.78 is 39.0. The fourth-order valence-electron chi connectivity index (χ4n) is 3.55. The molecule has 0 saturated carbocycles. The number of thioether (sulfide) groups is 5. The van der Waals surface area contributed by atoms with Crippen molar-refractivity contribution in [3.8, 4) is 18.0 Å². The molecule has 0 amide bonds. The minimum atomic E-state index is -4.09. The Morgan fingerprint density at radius 3 is 1.00 bits per heavy atom. The first-order valence-electron chi connectivity index (χ1n) is 16.8. The van der Waals surface area contributed by atoms with Crippen LogP contribution >= 0.6 is 86.6 Å². The van der Waals surface area contributed by atoms with Crippen molar-refractivity contribution in [2.75, 3.05) is 95.4 Å². The van der Waals surface area contributed by atoms with E-state index in [1.165, 1.54) is 35.3 Å². The van der Waals surface area contributed by atoms with Gasteiger partial charge in [0.05, 0.1) is 68.8 Å². The van der Waals surface area contributed by atoms with Gasteiger partial charge in [0.25, 0.3) is 0 Å². The SMILES string of the molecule is O=P(O)(O)CCSCC(O)C(O)CSCCCOc1nc(OCCCSCC(O)C(O)CS)nc(OCCCSCC(O)C(O)CSCCP(=O)(O)O)n1. The zero-order valence-corrected chi connectivity index (χ0v) is 36.4. The summed E-state index contributed by atoms with van der Waals surface area (Å²) in [5.41, 5.74) is 0. The smallest absolute Gasteiger partial charge is 0.326 e. The molecule has 54 heavy (non-hydrogen) atoms. The number of aliphatic hydroxyl groups excluding tert-OH is 6. The first kappa shape index (κ1) is 52.6. The van der Waals surface area contributed by atoms with E-state index >= 15 is 0 Å². The molecule has 0 saturated heterocycles. The predicted octanol–water partition coefficient (Wildman–Crippen LogP) is 0.295. The van der Waals surface area contributed by atoms with E-state index in [2.05, 4.69) is 27.6 Å². The number of nitrogens with zero attached hydrogens (tertiary/aromatic N) is 3. The van der Waals surface area contributed by atoms with Crippen LogP contribution in [0.4, 0.5) is 0 Å². The number of thiol groups is 1. The molecule has 1 heterocycles. The van der Waals surface area contributed by atoms with Gasteiger partial charge in [-0.15, -0.1) is 15.0 Å². The fraction of sp³-hybridized carbons (Fsp3) is 0.893. The van der Waals surface area contributed by atoms with Gasteiger partial charge in [-0.1, -0.05) is 0 Å². The Labute approximate surface area is 342 Å². The van der Waals surface area contributed by atoms with Crippen LogP contribution in [0.2, 0.25) is 0 Å². The molecule has 0 bridgehead atoms. The molecule has 26 heteroatoms. The van der Waals surface area contributed by atoms with Gasteiger partial charge < -0.3 is 64.4 Å². The summed E-state index contributed by atoms with van der Waals surface area (Å²) in [4.78, 5) is 48.2. The molecule has 0 aliphatic rings. The Morgan fingerprint density at radius 2 is 0.741 bits per heavy atom. The summed E-state index contributed by atoms with van der Waals surface area (Å²) in [5, 5.41) is 60.0. The summed E-state index contributed by atoms with van der Waals surface area (Å²) in [6.07, 6.45) is -4.71. The van der Waals surface area contributed by atoms with Gasteiger partial charge in [0, 0.05) is 46.0 Å². The molecule has 6 atom stereocenters. The minimum Gasteiger partial charge on any atom is -0.463 e. The molecular weight excluding hydrogens is 873 g/mol. The average molecular weight is 928 g/mol. The van der Waals surface area contributed by atoms with Gasteiger partial charge in [-0.2, -0.15) is 71.4 Å². The highest BCUT2D eigenvalue weighted by Crippen LogP contribution is 2.35. The van der Waals surface area contributed by atoms with E-state index in [0.717, 1.165) is 23.5 Å². The molecule has 18 nitrogen and oxygen atoms in total. The Balaban J connectivity index is 2.52. The zero-order valence-electron chi connectivity index (χ0n) is 29.6. The molecule has 0 aliphatic carbocycles. The highest BCUT2D eigenvalue weighted by atomic mass is 32.2. The van der Waals surface area contributed by atoms with Crippen LogP contribution in [0.15, 0.2) is 0 Å². The summed E-state index contributed by atoms with van der Waals surface area (Å²) in [7, 11) is -8.19. The molecule has 0 spiro atoms. The largest absolute Gasteiger partial charge is 0.463 e. The summed E-state index contributed by atoms with van der Waals surface area (Å²) >= 11 is 10.6. The number of ether oxygens (including phenoxy) is 3. The predicted molar refractivity (Wildman–Crippen MR) is 221 cm³/mol. The topological polar surface area (TPSA) is 303 Å². The number of rotatable bonds is 35. The monoisotopic (exact) mass is 927 g/mol. The lowest BCUT2D eigenvalue weighted by Gasteiger charge is -2.17.